The SMILES string of the molecule is CC(C)COc1ccccc1NC(=O)NCC1CCCCCN1. The first kappa shape index (κ1) is 17.6. The Hall–Kier alpha value is -1.75. The van der Waals surface area contributed by atoms with E-state index < -0.39 is 0 Å². The molecule has 5 heteroatoms. The lowest BCUT2D eigenvalue weighted by Crippen LogP contribution is -2.42. The third-order valence-corrected chi connectivity index (χ3v) is 3.88. The van der Waals surface area contributed by atoms with Gasteiger partial charge in [-0.2, -0.15) is 0 Å². The van der Waals surface area contributed by atoms with Gasteiger partial charge in [0.15, 0.2) is 0 Å². The van der Waals surface area contributed by atoms with Crippen molar-refractivity contribution in [1.82, 2.24) is 10.6 Å². The number of para-hydroxylation sites is 2. The smallest absolute Gasteiger partial charge is 0.319 e. The summed E-state index contributed by atoms with van der Waals surface area (Å²) in [5, 5.41) is 9.32. The molecule has 1 aliphatic rings. The molecule has 0 aliphatic carbocycles. The van der Waals surface area contributed by atoms with E-state index in [0.29, 0.717) is 36.5 Å². The third kappa shape index (κ3) is 6.48. The number of nitrogens with one attached hydrogen (secondary N) is 3. The standard InChI is InChI=1S/C18H29N3O2/c1-14(2)13-23-17-10-6-5-9-16(17)21-18(22)20-12-15-8-4-3-7-11-19-15/h5-6,9-10,14-15,19H,3-4,7-8,11-13H2,1-2H3,(H2,20,21,22). The number of rotatable bonds is 6. The van der Waals surface area contributed by atoms with Gasteiger partial charge in [-0.05, 0) is 37.4 Å². The first-order valence-corrected chi connectivity index (χ1v) is 8.65. The van der Waals surface area contributed by atoms with E-state index in [-0.39, 0.29) is 6.03 Å². The largest absolute Gasteiger partial charge is 0.491 e. The molecule has 0 spiro atoms. The highest BCUT2D eigenvalue weighted by molar-refractivity contribution is 5.90. The van der Waals surface area contributed by atoms with E-state index in [9.17, 15) is 4.79 Å². The van der Waals surface area contributed by atoms with Crippen LogP contribution in [0.5, 0.6) is 5.75 Å². The summed E-state index contributed by atoms with van der Waals surface area (Å²) in [5.41, 5.74) is 0.708. The van der Waals surface area contributed by atoms with Gasteiger partial charge in [-0.1, -0.05) is 38.8 Å². The van der Waals surface area contributed by atoms with Crippen LogP contribution < -0.4 is 20.7 Å². The van der Waals surface area contributed by atoms with Gasteiger partial charge in [0.1, 0.15) is 5.75 Å². The second kappa shape index (κ2) is 9.40. The molecule has 1 aliphatic heterocycles. The van der Waals surface area contributed by atoms with Crippen LogP contribution >= 0.6 is 0 Å². The lowest BCUT2D eigenvalue weighted by molar-refractivity contribution is 0.250. The van der Waals surface area contributed by atoms with Crippen molar-refractivity contribution in [2.45, 2.75) is 45.6 Å². The van der Waals surface area contributed by atoms with Crippen LogP contribution in [0, 0.1) is 5.92 Å². The van der Waals surface area contributed by atoms with Gasteiger partial charge in [-0.15, -0.1) is 0 Å². The van der Waals surface area contributed by atoms with Crippen LogP contribution in [-0.4, -0.2) is 31.8 Å². The number of amides is 2. The second-order valence-electron chi connectivity index (χ2n) is 6.54. The quantitative estimate of drug-likeness (QED) is 0.753. The summed E-state index contributed by atoms with van der Waals surface area (Å²) < 4.78 is 5.76. The van der Waals surface area contributed by atoms with Gasteiger partial charge in [0, 0.05) is 12.6 Å². The first-order chi connectivity index (χ1) is 11.1. The number of urea groups is 1. The van der Waals surface area contributed by atoms with Gasteiger partial charge < -0.3 is 20.7 Å². The zero-order valence-electron chi connectivity index (χ0n) is 14.2. The van der Waals surface area contributed by atoms with Gasteiger partial charge in [-0.3, -0.25) is 0 Å². The topological polar surface area (TPSA) is 62.4 Å². The van der Waals surface area contributed by atoms with Gasteiger partial charge >= 0.3 is 6.03 Å². The van der Waals surface area contributed by atoms with Crippen molar-refractivity contribution in [3.63, 3.8) is 0 Å². The van der Waals surface area contributed by atoms with Crippen LogP contribution in [0.25, 0.3) is 0 Å². The number of anilines is 1. The zero-order valence-corrected chi connectivity index (χ0v) is 14.2. The fourth-order valence-corrected chi connectivity index (χ4v) is 2.61. The Morgan fingerprint density at radius 1 is 1.30 bits per heavy atom. The van der Waals surface area contributed by atoms with E-state index in [4.69, 9.17) is 4.74 Å². The molecule has 1 heterocycles. The maximum Gasteiger partial charge on any atom is 0.319 e. The fourth-order valence-electron chi connectivity index (χ4n) is 2.61. The van der Waals surface area contributed by atoms with E-state index in [1.54, 1.807) is 0 Å². The predicted octanol–water partition coefficient (Wildman–Crippen LogP) is 3.38. The van der Waals surface area contributed by atoms with Crippen molar-refractivity contribution in [3.8, 4) is 5.75 Å². The highest BCUT2D eigenvalue weighted by atomic mass is 16.5. The molecule has 2 amide bonds. The monoisotopic (exact) mass is 319 g/mol. The number of hydrogen-bond donors (Lipinski definition) is 3. The molecule has 1 aromatic rings. The number of hydrogen-bond acceptors (Lipinski definition) is 3. The van der Waals surface area contributed by atoms with Gasteiger partial charge in [0.2, 0.25) is 0 Å². The summed E-state index contributed by atoms with van der Waals surface area (Å²) >= 11 is 0. The molecule has 0 radical (unpaired) electrons. The van der Waals surface area contributed by atoms with Crippen LogP contribution in [0.4, 0.5) is 10.5 Å². The Balaban J connectivity index is 1.82. The molecule has 1 fully saturated rings. The molecule has 0 aromatic heterocycles. The first-order valence-electron chi connectivity index (χ1n) is 8.65. The lowest BCUT2D eigenvalue weighted by Gasteiger charge is -2.18. The third-order valence-electron chi connectivity index (χ3n) is 3.88. The molecule has 128 valence electrons. The highest BCUT2D eigenvalue weighted by Gasteiger charge is 2.13. The predicted molar refractivity (Wildman–Crippen MR) is 94.1 cm³/mol. The average Bonchev–Trinajstić information content (AvgIpc) is 2.81. The molecular weight excluding hydrogens is 290 g/mol. The molecular formula is C18H29N3O2. The Bertz CT molecular complexity index is 483. The Morgan fingerprint density at radius 3 is 2.96 bits per heavy atom. The Kier molecular flexibility index (Phi) is 7.20. The molecule has 1 aromatic carbocycles. The van der Waals surface area contributed by atoms with Crippen molar-refractivity contribution >= 4 is 11.7 Å². The molecule has 0 saturated carbocycles. The van der Waals surface area contributed by atoms with Crippen molar-refractivity contribution in [2.75, 3.05) is 25.0 Å². The summed E-state index contributed by atoms with van der Waals surface area (Å²) in [4.78, 5) is 12.1. The molecule has 1 saturated heterocycles. The second-order valence-corrected chi connectivity index (χ2v) is 6.54. The highest BCUT2D eigenvalue weighted by Crippen LogP contribution is 2.24. The molecule has 23 heavy (non-hydrogen) atoms. The Labute approximate surface area is 139 Å². The summed E-state index contributed by atoms with van der Waals surface area (Å²) in [6.45, 7) is 6.53. The lowest BCUT2D eigenvalue weighted by atomic mass is 10.1. The van der Waals surface area contributed by atoms with E-state index >= 15 is 0 Å². The summed E-state index contributed by atoms with van der Waals surface area (Å²) in [6.07, 6.45) is 4.85. The molecule has 1 unspecified atom stereocenters. The van der Waals surface area contributed by atoms with Gasteiger partial charge in [0.25, 0.3) is 0 Å². The number of carbonyl (C=O) groups excluding carboxylic acids is 1. The van der Waals surface area contributed by atoms with Crippen LogP contribution in [0.2, 0.25) is 0 Å². The van der Waals surface area contributed by atoms with Crippen molar-refractivity contribution in [1.29, 1.82) is 0 Å². The molecule has 5 nitrogen and oxygen atoms in total. The van der Waals surface area contributed by atoms with Crippen LogP contribution in [0.1, 0.15) is 39.5 Å². The summed E-state index contributed by atoms with van der Waals surface area (Å²) in [6, 6.07) is 7.73. The van der Waals surface area contributed by atoms with Crippen LogP contribution in [-0.2, 0) is 0 Å². The number of ether oxygens (including phenoxy) is 1. The van der Waals surface area contributed by atoms with Gasteiger partial charge in [-0.25, -0.2) is 4.79 Å². The fraction of sp³-hybridized carbons (Fsp3) is 0.611. The molecule has 1 atom stereocenters. The summed E-state index contributed by atoms with van der Waals surface area (Å²) in [7, 11) is 0. The van der Waals surface area contributed by atoms with Crippen molar-refractivity contribution in [3.05, 3.63) is 24.3 Å². The minimum Gasteiger partial charge on any atom is -0.491 e. The van der Waals surface area contributed by atoms with E-state index in [2.05, 4.69) is 29.8 Å². The van der Waals surface area contributed by atoms with Gasteiger partial charge in [0.05, 0.1) is 12.3 Å². The zero-order chi connectivity index (χ0) is 16.5. The maximum atomic E-state index is 12.1. The number of carbonyl (C=O) groups is 1. The molecule has 2 rings (SSSR count). The van der Waals surface area contributed by atoms with Crippen molar-refractivity contribution < 1.29 is 9.53 Å². The Morgan fingerprint density at radius 2 is 2.13 bits per heavy atom. The van der Waals surface area contributed by atoms with Crippen LogP contribution in [0.3, 0.4) is 0 Å². The molecule has 0 bridgehead atoms. The number of benzene rings is 1. The molecule has 3 N–H and O–H groups in total. The van der Waals surface area contributed by atoms with Crippen molar-refractivity contribution in [2.24, 2.45) is 5.92 Å². The minimum atomic E-state index is -0.184. The van der Waals surface area contributed by atoms with E-state index in [1.165, 1.54) is 19.3 Å². The summed E-state index contributed by atoms with van der Waals surface area (Å²) in [5.74, 6) is 1.15. The minimum absolute atomic E-state index is 0.184. The normalized spacial score (nSPS) is 18.3. The average molecular weight is 319 g/mol. The maximum absolute atomic E-state index is 12.1. The van der Waals surface area contributed by atoms with E-state index in [1.807, 2.05) is 24.3 Å². The van der Waals surface area contributed by atoms with E-state index in [0.717, 1.165) is 13.0 Å². The van der Waals surface area contributed by atoms with Crippen LogP contribution in [0.15, 0.2) is 24.3 Å².